The van der Waals surface area contributed by atoms with Gasteiger partial charge in [-0.25, -0.2) is 0 Å². The van der Waals surface area contributed by atoms with E-state index in [4.69, 9.17) is 0 Å². The lowest BCUT2D eigenvalue weighted by Crippen LogP contribution is -2.21. The molecule has 3 nitrogen and oxygen atoms in total. The highest BCUT2D eigenvalue weighted by Gasteiger charge is 2.12. The minimum atomic E-state index is -0.845. The summed E-state index contributed by atoms with van der Waals surface area (Å²) in [5, 5.41) is 9.21. The molecular weight excluding hydrogens is 166 g/mol. The lowest BCUT2D eigenvalue weighted by molar-refractivity contribution is -0.126. The van der Waals surface area contributed by atoms with Gasteiger partial charge in [-0.1, -0.05) is 13.0 Å². The van der Waals surface area contributed by atoms with Crippen molar-refractivity contribution in [3.05, 3.63) is 30.1 Å². The number of aliphatic hydroxyl groups excluding tert-OH is 1. The minimum absolute atomic E-state index is 0.166. The molecule has 1 rings (SSSR count). The Kier molecular flexibility index (Phi) is 3.58. The molecular formula is C10H13NO2. The van der Waals surface area contributed by atoms with Crippen LogP contribution in [-0.4, -0.2) is 22.0 Å². The lowest BCUT2D eigenvalue weighted by atomic mass is 10.1. The van der Waals surface area contributed by atoms with E-state index in [-0.39, 0.29) is 12.2 Å². The van der Waals surface area contributed by atoms with Crippen LogP contribution < -0.4 is 0 Å². The summed E-state index contributed by atoms with van der Waals surface area (Å²) in [5.74, 6) is -0.166. The molecule has 0 aliphatic heterocycles. The highest BCUT2D eigenvalue weighted by molar-refractivity contribution is 5.84. The normalized spacial score (nSPS) is 12.5. The van der Waals surface area contributed by atoms with Crippen molar-refractivity contribution in [2.45, 2.75) is 25.9 Å². The molecule has 1 atom stereocenters. The Labute approximate surface area is 77.4 Å². The standard InChI is InChI=1S/C10H13NO2/c1-2-9(12)10(13)7-8-5-3-4-6-11-8/h3-6,9,12H,2,7H2,1H3. The summed E-state index contributed by atoms with van der Waals surface area (Å²) in [6.45, 7) is 1.78. The van der Waals surface area contributed by atoms with Crippen LogP contribution >= 0.6 is 0 Å². The summed E-state index contributed by atoms with van der Waals surface area (Å²) in [4.78, 5) is 15.3. The van der Waals surface area contributed by atoms with E-state index in [1.165, 1.54) is 0 Å². The van der Waals surface area contributed by atoms with Gasteiger partial charge in [-0.05, 0) is 18.6 Å². The molecule has 1 aromatic rings. The van der Waals surface area contributed by atoms with E-state index in [1.54, 1.807) is 25.3 Å². The van der Waals surface area contributed by atoms with Crippen LogP contribution in [0.1, 0.15) is 19.0 Å². The predicted molar refractivity (Wildman–Crippen MR) is 49.2 cm³/mol. The number of pyridine rings is 1. The second-order valence-corrected chi connectivity index (χ2v) is 2.89. The van der Waals surface area contributed by atoms with Gasteiger partial charge in [-0.2, -0.15) is 0 Å². The number of aliphatic hydroxyl groups is 1. The van der Waals surface area contributed by atoms with E-state index in [0.29, 0.717) is 12.1 Å². The fourth-order valence-electron chi connectivity index (χ4n) is 1.03. The van der Waals surface area contributed by atoms with Gasteiger partial charge in [0.05, 0.1) is 6.42 Å². The smallest absolute Gasteiger partial charge is 0.167 e. The average molecular weight is 179 g/mol. The molecule has 0 spiro atoms. The summed E-state index contributed by atoms with van der Waals surface area (Å²) >= 11 is 0. The van der Waals surface area contributed by atoms with Gasteiger partial charge in [-0.3, -0.25) is 9.78 Å². The molecule has 0 aromatic carbocycles. The predicted octanol–water partition coefficient (Wildman–Crippen LogP) is 0.964. The van der Waals surface area contributed by atoms with Crippen molar-refractivity contribution in [1.82, 2.24) is 4.98 Å². The van der Waals surface area contributed by atoms with Gasteiger partial charge in [-0.15, -0.1) is 0 Å². The second-order valence-electron chi connectivity index (χ2n) is 2.89. The summed E-state index contributed by atoms with van der Waals surface area (Å²) in [6, 6.07) is 5.40. The number of hydrogen-bond donors (Lipinski definition) is 1. The zero-order valence-electron chi connectivity index (χ0n) is 7.60. The Bertz CT molecular complexity index is 272. The van der Waals surface area contributed by atoms with Crippen molar-refractivity contribution in [3.63, 3.8) is 0 Å². The van der Waals surface area contributed by atoms with Gasteiger partial charge in [0.15, 0.2) is 5.78 Å². The van der Waals surface area contributed by atoms with Gasteiger partial charge in [0.2, 0.25) is 0 Å². The van der Waals surface area contributed by atoms with Gasteiger partial charge in [0, 0.05) is 11.9 Å². The average Bonchev–Trinajstić information content (AvgIpc) is 2.18. The molecule has 3 heteroatoms. The lowest BCUT2D eigenvalue weighted by Gasteiger charge is -2.05. The third-order valence-corrected chi connectivity index (χ3v) is 1.84. The first kappa shape index (κ1) is 9.86. The van der Waals surface area contributed by atoms with Crippen LogP contribution in [0, 0.1) is 0 Å². The van der Waals surface area contributed by atoms with Crippen molar-refractivity contribution in [2.24, 2.45) is 0 Å². The molecule has 0 bridgehead atoms. The van der Waals surface area contributed by atoms with Crippen molar-refractivity contribution in [3.8, 4) is 0 Å². The molecule has 0 aliphatic carbocycles. The van der Waals surface area contributed by atoms with E-state index < -0.39 is 6.10 Å². The van der Waals surface area contributed by atoms with Crippen LogP contribution in [0.25, 0.3) is 0 Å². The van der Waals surface area contributed by atoms with Crippen LogP contribution in [0.4, 0.5) is 0 Å². The first-order valence-electron chi connectivity index (χ1n) is 4.34. The van der Waals surface area contributed by atoms with Crippen LogP contribution in [-0.2, 0) is 11.2 Å². The van der Waals surface area contributed by atoms with Crippen molar-refractivity contribution < 1.29 is 9.90 Å². The molecule has 1 aromatic heterocycles. The molecule has 0 amide bonds. The Morgan fingerprint density at radius 3 is 2.92 bits per heavy atom. The van der Waals surface area contributed by atoms with Crippen LogP contribution in [0.2, 0.25) is 0 Å². The number of carbonyl (C=O) groups is 1. The van der Waals surface area contributed by atoms with Gasteiger partial charge < -0.3 is 5.11 Å². The minimum Gasteiger partial charge on any atom is -0.385 e. The monoisotopic (exact) mass is 179 g/mol. The number of hydrogen-bond acceptors (Lipinski definition) is 3. The Morgan fingerprint density at radius 1 is 1.62 bits per heavy atom. The van der Waals surface area contributed by atoms with Crippen LogP contribution in [0.15, 0.2) is 24.4 Å². The van der Waals surface area contributed by atoms with E-state index in [1.807, 2.05) is 6.07 Å². The largest absolute Gasteiger partial charge is 0.385 e. The molecule has 0 saturated carbocycles. The molecule has 70 valence electrons. The molecule has 13 heavy (non-hydrogen) atoms. The number of Topliss-reactive ketones (excluding diaryl/α,β-unsaturated/α-hetero) is 1. The summed E-state index contributed by atoms with van der Waals surface area (Å²) in [5.41, 5.74) is 0.708. The molecule has 0 radical (unpaired) electrons. The summed E-state index contributed by atoms with van der Waals surface area (Å²) in [7, 11) is 0. The maximum absolute atomic E-state index is 11.3. The van der Waals surface area contributed by atoms with E-state index in [0.717, 1.165) is 0 Å². The molecule has 0 aliphatic rings. The first-order chi connectivity index (χ1) is 6.24. The quantitative estimate of drug-likeness (QED) is 0.749. The molecule has 1 N–H and O–H groups in total. The zero-order chi connectivity index (χ0) is 9.68. The fraction of sp³-hybridized carbons (Fsp3) is 0.400. The van der Waals surface area contributed by atoms with Gasteiger partial charge in [0.1, 0.15) is 6.10 Å². The molecule has 1 unspecified atom stereocenters. The van der Waals surface area contributed by atoms with E-state index in [9.17, 15) is 9.90 Å². The summed E-state index contributed by atoms with van der Waals surface area (Å²) < 4.78 is 0. The molecule has 1 heterocycles. The Balaban J connectivity index is 2.55. The van der Waals surface area contributed by atoms with Gasteiger partial charge in [0.25, 0.3) is 0 Å². The molecule has 0 saturated heterocycles. The number of carbonyl (C=O) groups excluding carboxylic acids is 1. The Morgan fingerprint density at radius 2 is 2.38 bits per heavy atom. The third kappa shape index (κ3) is 2.95. The van der Waals surface area contributed by atoms with Crippen molar-refractivity contribution in [1.29, 1.82) is 0 Å². The highest BCUT2D eigenvalue weighted by Crippen LogP contribution is 2.00. The fourth-order valence-corrected chi connectivity index (χ4v) is 1.03. The van der Waals surface area contributed by atoms with Crippen molar-refractivity contribution >= 4 is 5.78 Å². The maximum atomic E-state index is 11.3. The summed E-state index contributed by atoms with van der Waals surface area (Å²) in [6.07, 6.45) is 1.48. The number of nitrogens with zero attached hydrogens (tertiary/aromatic N) is 1. The van der Waals surface area contributed by atoms with Crippen LogP contribution in [0.3, 0.4) is 0 Å². The number of ketones is 1. The highest BCUT2D eigenvalue weighted by atomic mass is 16.3. The Hall–Kier alpha value is -1.22. The number of aromatic nitrogens is 1. The third-order valence-electron chi connectivity index (χ3n) is 1.84. The topological polar surface area (TPSA) is 50.2 Å². The van der Waals surface area contributed by atoms with Crippen LogP contribution in [0.5, 0.6) is 0 Å². The second kappa shape index (κ2) is 4.72. The maximum Gasteiger partial charge on any atom is 0.167 e. The van der Waals surface area contributed by atoms with E-state index in [2.05, 4.69) is 4.98 Å². The van der Waals surface area contributed by atoms with Crippen molar-refractivity contribution in [2.75, 3.05) is 0 Å². The molecule has 0 fully saturated rings. The SMILES string of the molecule is CCC(O)C(=O)Cc1ccccn1. The zero-order valence-corrected chi connectivity index (χ0v) is 7.60. The first-order valence-corrected chi connectivity index (χ1v) is 4.34. The van der Waals surface area contributed by atoms with E-state index >= 15 is 0 Å². The van der Waals surface area contributed by atoms with Gasteiger partial charge >= 0.3 is 0 Å². The number of rotatable bonds is 4.